The van der Waals surface area contributed by atoms with E-state index in [4.69, 9.17) is 11.6 Å². The molecule has 0 aliphatic carbocycles. The Morgan fingerprint density at radius 1 is 1.22 bits per heavy atom. The third-order valence-corrected chi connectivity index (χ3v) is 4.46. The van der Waals surface area contributed by atoms with Gasteiger partial charge in [0.2, 0.25) is 5.91 Å². The van der Waals surface area contributed by atoms with Crippen LogP contribution in [-0.2, 0) is 20.7 Å². The average Bonchev–Trinajstić information content (AvgIpc) is 2.65. The molecule has 0 spiro atoms. The van der Waals surface area contributed by atoms with Crippen LogP contribution in [0.1, 0.15) is 12.0 Å². The van der Waals surface area contributed by atoms with Gasteiger partial charge in [0.15, 0.2) is 5.96 Å². The van der Waals surface area contributed by atoms with Crippen LogP contribution in [0.4, 0.5) is 0 Å². The number of guanidine groups is 1. The van der Waals surface area contributed by atoms with E-state index in [1.807, 2.05) is 23.1 Å². The Bertz CT molecular complexity index is 664. The van der Waals surface area contributed by atoms with Gasteiger partial charge in [-0.25, -0.2) is 0 Å². The number of benzene rings is 1. The van der Waals surface area contributed by atoms with Crippen molar-refractivity contribution in [2.45, 2.75) is 12.8 Å². The number of piperazine rings is 1. The van der Waals surface area contributed by atoms with E-state index >= 15 is 0 Å². The molecule has 0 bridgehead atoms. The van der Waals surface area contributed by atoms with Crippen LogP contribution in [0.5, 0.6) is 0 Å². The normalized spacial score (nSPS) is 14.4. The van der Waals surface area contributed by atoms with Gasteiger partial charge in [0.1, 0.15) is 0 Å². The first-order valence-corrected chi connectivity index (χ1v) is 8.96. The van der Waals surface area contributed by atoms with Crippen LogP contribution in [0.2, 0.25) is 5.02 Å². The summed E-state index contributed by atoms with van der Waals surface area (Å²) in [6.07, 6.45) is 0.639. The summed E-state index contributed by atoms with van der Waals surface area (Å²) in [6.45, 7) is 3.12. The molecule has 0 aromatic heterocycles. The number of hydrogen-bond acceptors (Lipinski definition) is 4. The maximum atomic E-state index is 12.5. The minimum absolute atomic E-state index is 0. The van der Waals surface area contributed by atoms with Crippen molar-refractivity contribution in [1.29, 1.82) is 0 Å². The molecule has 7 nitrogen and oxygen atoms in total. The number of halogens is 2. The summed E-state index contributed by atoms with van der Waals surface area (Å²) in [4.78, 5) is 31.8. The van der Waals surface area contributed by atoms with Crippen LogP contribution in [0.3, 0.4) is 0 Å². The standard InChI is InChI=1S/C18H25ClN4O3.HI/c1-20-18(21-7-6-17(25)26-2)23-10-8-22(9-11-23)16(24)13-14-4-3-5-15(19)12-14;/h3-5,12H,6-11,13H2,1-2H3,(H,20,21);1H. The van der Waals surface area contributed by atoms with Crippen LogP contribution < -0.4 is 5.32 Å². The highest BCUT2D eigenvalue weighted by atomic mass is 127. The molecule has 1 amide bonds. The Balaban J connectivity index is 0.00000364. The number of rotatable bonds is 5. The molecule has 27 heavy (non-hydrogen) atoms. The number of amides is 1. The summed E-state index contributed by atoms with van der Waals surface area (Å²) in [7, 11) is 3.08. The molecule has 1 aliphatic rings. The highest BCUT2D eigenvalue weighted by Gasteiger charge is 2.23. The molecule has 1 aromatic rings. The first-order valence-electron chi connectivity index (χ1n) is 8.58. The Morgan fingerprint density at radius 2 is 1.89 bits per heavy atom. The maximum absolute atomic E-state index is 12.5. The summed E-state index contributed by atoms with van der Waals surface area (Å²) in [5.41, 5.74) is 0.921. The fourth-order valence-electron chi connectivity index (χ4n) is 2.81. The van der Waals surface area contributed by atoms with Gasteiger partial charge in [-0.3, -0.25) is 14.6 Å². The van der Waals surface area contributed by atoms with E-state index in [0.29, 0.717) is 44.2 Å². The van der Waals surface area contributed by atoms with Gasteiger partial charge in [-0.15, -0.1) is 24.0 Å². The molecular weight excluding hydrogens is 483 g/mol. The summed E-state index contributed by atoms with van der Waals surface area (Å²) in [5, 5.41) is 3.79. The fourth-order valence-corrected chi connectivity index (χ4v) is 3.02. The van der Waals surface area contributed by atoms with E-state index in [-0.39, 0.29) is 42.3 Å². The smallest absolute Gasteiger partial charge is 0.307 e. The lowest BCUT2D eigenvalue weighted by Crippen LogP contribution is -2.54. The number of nitrogens with zero attached hydrogens (tertiary/aromatic N) is 3. The van der Waals surface area contributed by atoms with Crippen LogP contribution in [-0.4, -0.2) is 74.5 Å². The number of carbonyl (C=O) groups excluding carboxylic acids is 2. The number of nitrogens with one attached hydrogen (secondary N) is 1. The second kappa shape index (κ2) is 12.0. The first-order chi connectivity index (χ1) is 12.5. The molecular formula is C18H26ClIN4O3. The van der Waals surface area contributed by atoms with Gasteiger partial charge in [-0.1, -0.05) is 23.7 Å². The van der Waals surface area contributed by atoms with Crippen LogP contribution in [0.25, 0.3) is 0 Å². The van der Waals surface area contributed by atoms with Crippen LogP contribution >= 0.6 is 35.6 Å². The van der Waals surface area contributed by atoms with Crippen molar-refractivity contribution in [2.24, 2.45) is 4.99 Å². The van der Waals surface area contributed by atoms with Crippen LogP contribution in [0.15, 0.2) is 29.3 Å². The second-order valence-corrected chi connectivity index (χ2v) is 6.41. The molecule has 1 heterocycles. The van der Waals surface area contributed by atoms with Crippen molar-refractivity contribution in [3.63, 3.8) is 0 Å². The minimum Gasteiger partial charge on any atom is -0.469 e. The van der Waals surface area contributed by atoms with Crippen molar-refractivity contribution in [2.75, 3.05) is 46.9 Å². The molecule has 2 rings (SSSR count). The molecule has 150 valence electrons. The first kappa shape index (κ1) is 23.5. The summed E-state index contributed by atoms with van der Waals surface area (Å²) in [5.74, 6) is 0.570. The predicted octanol–water partition coefficient (Wildman–Crippen LogP) is 1.78. The molecule has 1 saturated heterocycles. The number of aliphatic imine (C=N–C) groups is 1. The third-order valence-electron chi connectivity index (χ3n) is 4.23. The predicted molar refractivity (Wildman–Crippen MR) is 117 cm³/mol. The highest BCUT2D eigenvalue weighted by molar-refractivity contribution is 14.0. The van der Waals surface area contributed by atoms with E-state index in [2.05, 4.69) is 19.9 Å². The molecule has 9 heteroatoms. The third kappa shape index (κ3) is 7.53. The van der Waals surface area contributed by atoms with Crippen molar-refractivity contribution in [1.82, 2.24) is 15.1 Å². The molecule has 1 N–H and O–H groups in total. The van der Waals surface area contributed by atoms with E-state index in [1.54, 1.807) is 13.1 Å². The zero-order chi connectivity index (χ0) is 18.9. The summed E-state index contributed by atoms with van der Waals surface area (Å²) < 4.78 is 4.62. The number of ether oxygens (including phenoxy) is 1. The van der Waals surface area contributed by atoms with Gasteiger partial charge in [-0.05, 0) is 17.7 Å². The fraction of sp³-hybridized carbons (Fsp3) is 0.500. The Morgan fingerprint density at radius 3 is 2.48 bits per heavy atom. The number of carbonyl (C=O) groups is 2. The van der Waals surface area contributed by atoms with Gasteiger partial charge < -0.3 is 19.9 Å². The molecule has 0 saturated carbocycles. The van der Waals surface area contributed by atoms with E-state index in [0.717, 1.165) is 11.5 Å². The lowest BCUT2D eigenvalue weighted by Gasteiger charge is -2.36. The lowest BCUT2D eigenvalue weighted by atomic mass is 10.1. The zero-order valence-electron chi connectivity index (χ0n) is 15.6. The highest BCUT2D eigenvalue weighted by Crippen LogP contribution is 2.13. The van der Waals surface area contributed by atoms with Crippen molar-refractivity contribution < 1.29 is 14.3 Å². The Hall–Kier alpha value is -1.55. The van der Waals surface area contributed by atoms with Crippen molar-refractivity contribution >= 4 is 53.4 Å². The average molecular weight is 509 g/mol. The van der Waals surface area contributed by atoms with Crippen LogP contribution in [0, 0.1) is 0 Å². The Labute approximate surface area is 182 Å². The molecule has 1 fully saturated rings. The van der Waals surface area contributed by atoms with E-state index in [1.165, 1.54) is 7.11 Å². The van der Waals surface area contributed by atoms with E-state index in [9.17, 15) is 9.59 Å². The molecule has 0 unspecified atom stereocenters. The minimum atomic E-state index is -0.260. The molecule has 1 aromatic carbocycles. The number of esters is 1. The number of hydrogen-bond donors (Lipinski definition) is 1. The number of methoxy groups -OCH3 is 1. The largest absolute Gasteiger partial charge is 0.469 e. The maximum Gasteiger partial charge on any atom is 0.307 e. The van der Waals surface area contributed by atoms with Crippen molar-refractivity contribution in [3.8, 4) is 0 Å². The SMILES string of the molecule is CN=C(NCCC(=O)OC)N1CCN(C(=O)Cc2cccc(Cl)c2)CC1.I. The molecule has 0 atom stereocenters. The zero-order valence-corrected chi connectivity index (χ0v) is 18.7. The molecule has 0 radical (unpaired) electrons. The molecule has 1 aliphatic heterocycles. The summed E-state index contributed by atoms with van der Waals surface area (Å²) in [6, 6.07) is 7.38. The van der Waals surface area contributed by atoms with Gasteiger partial charge in [0.25, 0.3) is 0 Å². The van der Waals surface area contributed by atoms with Crippen molar-refractivity contribution in [3.05, 3.63) is 34.9 Å². The van der Waals surface area contributed by atoms with E-state index < -0.39 is 0 Å². The monoisotopic (exact) mass is 508 g/mol. The van der Waals surface area contributed by atoms with Gasteiger partial charge in [-0.2, -0.15) is 0 Å². The Kier molecular flexibility index (Phi) is 10.5. The second-order valence-electron chi connectivity index (χ2n) is 5.97. The van der Waals surface area contributed by atoms with Gasteiger partial charge in [0.05, 0.1) is 20.0 Å². The topological polar surface area (TPSA) is 74.2 Å². The lowest BCUT2D eigenvalue weighted by molar-refractivity contribution is -0.140. The quantitative estimate of drug-likeness (QED) is 0.284. The summed E-state index contributed by atoms with van der Waals surface area (Å²) >= 11 is 5.97. The van der Waals surface area contributed by atoms with Gasteiger partial charge in [0, 0.05) is 44.8 Å². The van der Waals surface area contributed by atoms with Gasteiger partial charge >= 0.3 is 5.97 Å².